The molecular formula is C18H17N3O2. The Bertz CT molecular complexity index is 701. The summed E-state index contributed by atoms with van der Waals surface area (Å²) in [5.41, 5.74) is 1.73. The van der Waals surface area contributed by atoms with E-state index in [-0.39, 0.29) is 12.0 Å². The quantitative estimate of drug-likeness (QED) is 0.849. The second-order valence-corrected chi connectivity index (χ2v) is 5.53. The van der Waals surface area contributed by atoms with E-state index in [0.717, 1.165) is 17.7 Å². The molecule has 0 atom stereocenters. The van der Waals surface area contributed by atoms with Gasteiger partial charge >= 0.3 is 0 Å². The molecule has 0 spiro atoms. The van der Waals surface area contributed by atoms with Crippen molar-refractivity contribution >= 4 is 5.91 Å². The number of aryl methyl sites for hydroxylation is 1. The number of likely N-dealkylation sites (tertiary alicyclic amines) is 1. The lowest BCUT2D eigenvalue weighted by Gasteiger charge is -2.39. The second kappa shape index (κ2) is 6.93. The van der Waals surface area contributed by atoms with Crippen molar-refractivity contribution in [1.29, 1.82) is 5.26 Å². The molecule has 1 saturated heterocycles. The number of ether oxygens (including phenoxy) is 1. The minimum absolute atomic E-state index is 0.0350. The molecule has 1 fully saturated rings. The van der Waals surface area contributed by atoms with Crippen LogP contribution in [0.2, 0.25) is 0 Å². The molecule has 23 heavy (non-hydrogen) atoms. The molecule has 2 aromatic rings. The van der Waals surface area contributed by atoms with Gasteiger partial charge in [-0.2, -0.15) is 5.26 Å². The number of nitriles is 1. The molecule has 3 rings (SSSR count). The van der Waals surface area contributed by atoms with E-state index in [9.17, 15) is 4.79 Å². The van der Waals surface area contributed by atoms with Gasteiger partial charge in [-0.3, -0.25) is 9.78 Å². The highest BCUT2D eigenvalue weighted by molar-refractivity contribution is 5.77. The van der Waals surface area contributed by atoms with Crippen molar-refractivity contribution in [3.8, 4) is 11.8 Å². The topological polar surface area (TPSA) is 66.2 Å². The number of amides is 1. The Morgan fingerprint density at radius 2 is 1.91 bits per heavy atom. The highest BCUT2D eigenvalue weighted by Crippen LogP contribution is 2.19. The molecule has 0 aliphatic carbocycles. The number of rotatable bonds is 5. The zero-order valence-electron chi connectivity index (χ0n) is 12.7. The predicted molar refractivity (Wildman–Crippen MR) is 84.7 cm³/mol. The molecule has 0 N–H and O–H groups in total. The maximum Gasteiger partial charge on any atom is 0.223 e. The molecule has 1 aliphatic heterocycles. The van der Waals surface area contributed by atoms with Crippen molar-refractivity contribution in [2.24, 2.45) is 0 Å². The van der Waals surface area contributed by atoms with Crippen LogP contribution in [0, 0.1) is 11.3 Å². The van der Waals surface area contributed by atoms with Crippen LogP contribution >= 0.6 is 0 Å². The van der Waals surface area contributed by atoms with E-state index in [2.05, 4.69) is 11.1 Å². The van der Waals surface area contributed by atoms with Crippen LogP contribution in [0.3, 0.4) is 0 Å². The highest BCUT2D eigenvalue weighted by Gasteiger charge is 2.31. The summed E-state index contributed by atoms with van der Waals surface area (Å²) >= 11 is 0. The van der Waals surface area contributed by atoms with Gasteiger partial charge in [0.05, 0.1) is 24.7 Å². The number of hydrogen-bond acceptors (Lipinski definition) is 4. The summed E-state index contributed by atoms with van der Waals surface area (Å²) in [6, 6.07) is 13.0. The maximum absolute atomic E-state index is 12.1. The van der Waals surface area contributed by atoms with E-state index >= 15 is 0 Å². The second-order valence-electron chi connectivity index (χ2n) is 5.53. The van der Waals surface area contributed by atoms with Gasteiger partial charge in [0.25, 0.3) is 0 Å². The zero-order chi connectivity index (χ0) is 16.1. The molecule has 0 saturated carbocycles. The third-order valence-corrected chi connectivity index (χ3v) is 3.86. The van der Waals surface area contributed by atoms with Crippen molar-refractivity contribution in [2.45, 2.75) is 18.9 Å². The highest BCUT2D eigenvalue weighted by atomic mass is 16.5. The fourth-order valence-corrected chi connectivity index (χ4v) is 2.48. The van der Waals surface area contributed by atoms with Crippen LogP contribution in [0.5, 0.6) is 5.75 Å². The molecular weight excluding hydrogens is 290 g/mol. The van der Waals surface area contributed by atoms with E-state index in [0.29, 0.717) is 25.1 Å². The Balaban J connectivity index is 1.41. The van der Waals surface area contributed by atoms with Gasteiger partial charge in [-0.25, -0.2) is 0 Å². The third kappa shape index (κ3) is 3.86. The standard InChI is InChI=1S/C18H17N3O2/c19-11-15-1-4-16(5-2-15)23-17-12-21(13-17)18(22)6-3-14-7-9-20-10-8-14/h1-2,4-5,7-10,17H,3,6,12-13H2. The van der Waals surface area contributed by atoms with Crippen LogP contribution in [0.1, 0.15) is 17.5 Å². The summed E-state index contributed by atoms with van der Waals surface area (Å²) in [6.07, 6.45) is 4.76. The van der Waals surface area contributed by atoms with E-state index in [1.54, 1.807) is 36.7 Å². The third-order valence-electron chi connectivity index (χ3n) is 3.86. The lowest BCUT2D eigenvalue weighted by Crippen LogP contribution is -2.56. The van der Waals surface area contributed by atoms with Gasteiger partial charge in [0.2, 0.25) is 5.91 Å². The molecule has 0 bridgehead atoms. The Kier molecular flexibility index (Phi) is 4.53. The van der Waals surface area contributed by atoms with Crippen molar-refractivity contribution in [1.82, 2.24) is 9.88 Å². The number of carbonyl (C=O) groups is 1. The lowest BCUT2D eigenvalue weighted by molar-refractivity contribution is -0.139. The summed E-state index contributed by atoms with van der Waals surface area (Å²) in [5.74, 6) is 0.888. The average Bonchev–Trinajstić information content (AvgIpc) is 2.57. The summed E-state index contributed by atoms with van der Waals surface area (Å²) in [7, 11) is 0. The van der Waals surface area contributed by atoms with Crippen LogP contribution < -0.4 is 4.74 Å². The van der Waals surface area contributed by atoms with Gasteiger partial charge in [-0.15, -0.1) is 0 Å². The van der Waals surface area contributed by atoms with Crippen LogP contribution in [-0.2, 0) is 11.2 Å². The first-order chi connectivity index (χ1) is 11.2. The molecule has 1 aromatic heterocycles. The first-order valence-corrected chi connectivity index (χ1v) is 7.58. The molecule has 1 amide bonds. The molecule has 2 heterocycles. The van der Waals surface area contributed by atoms with E-state index in [1.165, 1.54) is 0 Å². The number of hydrogen-bond donors (Lipinski definition) is 0. The van der Waals surface area contributed by atoms with Crippen molar-refractivity contribution in [3.05, 3.63) is 59.9 Å². The van der Waals surface area contributed by atoms with E-state index in [1.807, 2.05) is 17.0 Å². The van der Waals surface area contributed by atoms with E-state index in [4.69, 9.17) is 10.00 Å². The van der Waals surface area contributed by atoms with Gasteiger partial charge in [-0.1, -0.05) is 0 Å². The van der Waals surface area contributed by atoms with Gasteiger partial charge < -0.3 is 9.64 Å². The molecule has 0 radical (unpaired) electrons. The Hall–Kier alpha value is -2.87. The van der Waals surface area contributed by atoms with Gasteiger partial charge in [0.1, 0.15) is 11.9 Å². The smallest absolute Gasteiger partial charge is 0.223 e. The summed E-state index contributed by atoms with van der Waals surface area (Å²) in [5, 5.41) is 8.76. The summed E-state index contributed by atoms with van der Waals surface area (Å²) < 4.78 is 5.78. The molecule has 5 nitrogen and oxygen atoms in total. The van der Waals surface area contributed by atoms with Gasteiger partial charge in [-0.05, 0) is 48.4 Å². The average molecular weight is 307 g/mol. The van der Waals surface area contributed by atoms with Crippen molar-refractivity contribution in [2.75, 3.05) is 13.1 Å². The summed E-state index contributed by atoms with van der Waals surface area (Å²) in [6.45, 7) is 1.24. The van der Waals surface area contributed by atoms with Crippen LogP contribution in [0.15, 0.2) is 48.8 Å². The lowest BCUT2D eigenvalue weighted by atomic mass is 10.1. The monoisotopic (exact) mass is 307 g/mol. The van der Waals surface area contributed by atoms with Gasteiger partial charge in [0.15, 0.2) is 0 Å². The zero-order valence-corrected chi connectivity index (χ0v) is 12.7. The van der Waals surface area contributed by atoms with Crippen LogP contribution in [0.25, 0.3) is 0 Å². The van der Waals surface area contributed by atoms with Crippen LogP contribution in [0.4, 0.5) is 0 Å². The minimum Gasteiger partial charge on any atom is -0.487 e. The fraction of sp³-hybridized carbons (Fsp3) is 0.278. The normalized spacial score (nSPS) is 14.0. The number of pyridine rings is 1. The molecule has 0 unspecified atom stereocenters. The Morgan fingerprint density at radius 3 is 2.57 bits per heavy atom. The SMILES string of the molecule is N#Cc1ccc(OC2CN(C(=O)CCc3ccncc3)C2)cc1. The molecule has 116 valence electrons. The molecule has 1 aliphatic rings. The first-order valence-electron chi connectivity index (χ1n) is 7.58. The van der Waals surface area contributed by atoms with Crippen molar-refractivity contribution in [3.63, 3.8) is 0 Å². The van der Waals surface area contributed by atoms with Crippen LogP contribution in [-0.4, -0.2) is 35.0 Å². The van der Waals surface area contributed by atoms with Crippen molar-refractivity contribution < 1.29 is 9.53 Å². The maximum atomic E-state index is 12.1. The first kappa shape index (κ1) is 15.0. The number of aromatic nitrogens is 1. The Morgan fingerprint density at radius 1 is 1.22 bits per heavy atom. The molecule has 5 heteroatoms. The molecule has 1 aromatic carbocycles. The fourth-order valence-electron chi connectivity index (χ4n) is 2.48. The number of benzene rings is 1. The summed E-state index contributed by atoms with van der Waals surface area (Å²) in [4.78, 5) is 17.9. The van der Waals surface area contributed by atoms with E-state index < -0.39 is 0 Å². The number of nitrogens with zero attached hydrogens (tertiary/aromatic N) is 3. The predicted octanol–water partition coefficient (Wildman–Crippen LogP) is 2.18. The minimum atomic E-state index is 0.0350. The largest absolute Gasteiger partial charge is 0.487 e. The Labute approximate surface area is 135 Å². The number of carbonyl (C=O) groups excluding carboxylic acids is 1. The van der Waals surface area contributed by atoms with Gasteiger partial charge in [0, 0.05) is 18.8 Å².